The second-order valence-electron chi connectivity index (χ2n) is 8.94. The Morgan fingerprint density at radius 2 is 1.69 bits per heavy atom. The van der Waals surface area contributed by atoms with Crippen LogP contribution in [-0.4, -0.2) is 66.5 Å². The lowest BCUT2D eigenvalue weighted by molar-refractivity contribution is -0.144. The molecule has 0 aliphatic carbocycles. The van der Waals surface area contributed by atoms with Crippen LogP contribution in [0.3, 0.4) is 0 Å². The summed E-state index contributed by atoms with van der Waals surface area (Å²) in [7, 11) is 1.19. The summed E-state index contributed by atoms with van der Waals surface area (Å²) < 4.78 is 9.83. The molecule has 4 amide bonds. The minimum absolute atomic E-state index is 0.0890. The summed E-state index contributed by atoms with van der Waals surface area (Å²) in [5.74, 6) is -2.53. The number of carbonyl (C=O) groups excluding carboxylic acids is 5. The molecule has 0 saturated carbocycles. The molecule has 2 unspecified atom stereocenters. The van der Waals surface area contributed by atoms with Crippen molar-refractivity contribution in [2.75, 3.05) is 20.2 Å². The summed E-state index contributed by atoms with van der Waals surface area (Å²) in [6.45, 7) is 8.27. The van der Waals surface area contributed by atoms with E-state index < -0.39 is 47.5 Å². The fourth-order valence-corrected chi connectivity index (χ4v) is 3.21. The number of benzene rings is 1. The third-order valence-corrected chi connectivity index (χ3v) is 4.88. The van der Waals surface area contributed by atoms with Gasteiger partial charge < -0.3 is 30.7 Å². The Bertz CT molecular complexity index is 909. The molecule has 0 radical (unpaired) electrons. The van der Waals surface area contributed by atoms with E-state index in [1.54, 1.807) is 52.0 Å². The number of ether oxygens (including phenoxy) is 2. The van der Waals surface area contributed by atoms with Crippen molar-refractivity contribution in [3.05, 3.63) is 35.4 Å². The van der Waals surface area contributed by atoms with Crippen LogP contribution in [-0.2, 0) is 28.7 Å². The van der Waals surface area contributed by atoms with Crippen molar-refractivity contribution in [3.8, 4) is 0 Å². The van der Waals surface area contributed by atoms with E-state index in [4.69, 9.17) is 10.5 Å². The van der Waals surface area contributed by atoms with E-state index in [1.807, 2.05) is 6.92 Å². The van der Waals surface area contributed by atoms with Crippen LogP contribution in [0.25, 0.3) is 0 Å². The van der Waals surface area contributed by atoms with Gasteiger partial charge in [-0.1, -0.05) is 29.8 Å². The number of nitrogens with zero attached hydrogens (tertiary/aromatic N) is 1. The Kier molecular flexibility index (Phi) is 11.2. The molecule has 2 atom stereocenters. The van der Waals surface area contributed by atoms with Crippen LogP contribution in [0, 0.1) is 6.92 Å². The van der Waals surface area contributed by atoms with Crippen LogP contribution in [0.2, 0.25) is 0 Å². The number of hydrogen-bond acceptors (Lipinski definition) is 7. The number of aryl methyl sites for hydroxylation is 1. The van der Waals surface area contributed by atoms with Gasteiger partial charge in [0.15, 0.2) is 0 Å². The third kappa shape index (κ3) is 10.0. The van der Waals surface area contributed by atoms with Crippen LogP contribution in [0.4, 0.5) is 4.79 Å². The van der Waals surface area contributed by atoms with Gasteiger partial charge in [0, 0.05) is 13.0 Å². The van der Waals surface area contributed by atoms with E-state index >= 15 is 0 Å². The molecule has 0 aliphatic heterocycles. The average molecular weight is 493 g/mol. The normalized spacial score (nSPS) is 12.6. The molecule has 0 spiro atoms. The van der Waals surface area contributed by atoms with Crippen molar-refractivity contribution in [2.45, 2.75) is 65.1 Å². The summed E-state index contributed by atoms with van der Waals surface area (Å²) in [5.41, 5.74) is 5.89. The number of alkyl carbamates (subject to hydrolysis) is 1. The number of rotatable bonds is 11. The molecule has 1 aromatic rings. The lowest BCUT2D eigenvalue weighted by Gasteiger charge is -2.33. The monoisotopic (exact) mass is 492 g/mol. The van der Waals surface area contributed by atoms with Gasteiger partial charge in [-0.15, -0.1) is 0 Å². The smallest absolute Gasteiger partial charge is 0.408 e. The van der Waals surface area contributed by atoms with Gasteiger partial charge in [0.05, 0.1) is 7.11 Å². The minimum Gasteiger partial charge on any atom is -0.468 e. The van der Waals surface area contributed by atoms with E-state index in [9.17, 15) is 24.0 Å². The molecule has 0 heterocycles. The van der Waals surface area contributed by atoms with Crippen molar-refractivity contribution >= 4 is 29.8 Å². The Balaban J connectivity index is 3.33. The van der Waals surface area contributed by atoms with Crippen molar-refractivity contribution in [3.63, 3.8) is 0 Å². The van der Waals surface area contributed by atoms with Gasteiger partial charge in [-0.25, -0.2) is 4.79 Å². The fourth-order valence-electron chi connectivity index (χ4n) is 3.21. The molecular weight excluding hydrogens is 456 g/mol. The Morgan fingerprint density at radius 1 is 1.09 bits per heavy atom. The average Bonchev–Trinajstić information content (AvgIpc) is 2.77. The van der Waals surface area contributed by atoms with Gasteiger partial charge in [0.25, 0.3) is 0 Å². The highest BCUT2D eigenvalue weighted by molar-refractivity contribution is 5.93. The molecule has 1 rings (SSSR count). The zero-order valence-corrected chi connectivity index (χ0v) is 21.2. The van der Waals surface area contributed by atoms with Crippen molar-refractivity contribution in [1.29, 1.82) is 0 Å². The molecule has 1 aromatic carbocycles. The molecule has 0 aliphatic rings. The zero-order valence-electron chi connectivity index (χ0n) is 21.2. The first-order chi connectivity index (χ1) is 16.3. The molecule has 0 aromatic heterocycles. The number of nitrogens with two attached hydrogens (primary N) is 1. The second kappa shape index (κ2) is 13.3. The Labute approximate surface area is 205 Å². The van der Waals surface area contributed by atoms with Crippen LogP contribution in [0.1, 0.15) is 57.7 Å². The third-order valence-electron chi connectivity index (χ3n) is 4.88. The first-order valence-corrected chi connectivity index (χ1v) is 11.3. The van der Waals surface area contributed by atoms with Gasteiger partial charge in [0.1, 0.15) is 24.2 Å². The van der Waals surface area contributed by atoms with E-state index in [0.29, 0.717) is 5.56 Å². The van der Waals surface area contributed by atoms with Crippen LogP contribution in [0.5, 0.6) is 0 Å². The van der Waals surface area contributed by atoms with Crippen LogP contribution < -0.4 is 16.4 Å². The topological polar surface area (TPSA) is 157 Å². The standard InChI is InChI=1S/C24H36N4O7/c1-7-28(22(32)17(12-13-18(25)29)27-23(33)35-24(3,4)5)20(16-10-8-15(2)9-11-16)21(31)26-14-19(30)34-6/h8-11,17,20H,7,12-14H2,1-6H3,(H2,25,29)(H,26,31)(H,27,33). The SMILES string of the molecule is CCN(C(=O)C(CCC(N)=O)NC(=O)OC(C)(C)C)C(C(=O)NCC(=O)OC)c1ccc(C)cc1. The highest BCUT2D eigenvalue weighted by Gasteiger charge is 2.35. The van der Waals surface area contributed by atoms with E-state index in [0.717, 1.165) is 5.56 Å². The lowest BCUT2D eigenvalue weighted by atomic mass is 10.0. The maximum absolute atomic E-state index is 13.6. The number of nitrogens with one attached hydrogen (secondary N) is 2. The molecular formula is C24H36N4O7. The Hall–Kier alpha value is -3.63. The second-order valence-corrected chi connectivity index (χ2v) is 8.94. The van der Waals surface area contributed by atoms with Gasteiger partial charge in [0.2, 0.25) is 17.7 Å². The molecule has 0 fully saturated rings. The van der Waals surface area contributed by atoms with Gasteiger partial charge >= 0.3 is 12.1 Å². The van der Waals surface area contributed by atoms with E-state index in [-0.39, 0.29) is 25.9 Å². The molecule has 4 N–H and O–H groups in total. The summed E-state index contributed by atoms with van der Waals surface area (Å²) >= 11 is 0. The maximum Gasteiger partial charge on any atom is 0.408 e. The summed E-state index contributed by atoms with van der Waals surface area (Å²) in [5, 5.41) is 4.97. The summed E-state index contributed by atoms with van der Waals surface area (Å²) in [6, 6.07) is 4.68. The van der Waals surface area contributed by atoms with Crippen LogP contribution in [0.15, 0.2) is 24.3 Å². The number of amides is 4. The Morgan fingerprint density at radius 3 is 2.17 bits per heavy atom. The lowest BCUT2D eigenvalue weighted by Crippen LogP contribution is -2.53. The molecule has 35 heavy (non-hydrogen) atoms. The first kappa shape index (κ1) is 29.4. The maximum atomic E-state index is 13.6. The predicted molar refractivity (Wildman–Crippen MR) is 128 cm³/mol. The number of likely N-dealkylation sites (N-methyl/N-ethyl adjacent to an activating group) is 1. The predicted octanol–water partition coefficient (Wildman–Crippen LogP) is 1.33. The van der Waals surface area contributed by atoms with Crippen LogP contribution >= 0.6 is 0 Å². The summed E-state index contributed by atoms with van der Waals surface area (Å²) in [4.78, 5) is 63.4. The molecule has 194 valence electrons. The van der Waals surface area contributed by atoms with E-state index in [2.05, 4.69) is 15.4 Å². The summed E-state index contributed by atoms with van der Waals surface area (Å²) in [6.07, 6.45) is -1.11. The molecule has 0 bridgehead atoms. The number of primary amides is 1. The van der Waals surface area contributed by atoms with Crippen molar-refractivity contribution < 1.29 is 33.4 Å². The van der Waals surface area contributed by atoms with Crippen molar-refractivity contribution in [2.24, 2.45) is 5.73 Å². The highest BCUT2D eigenvalue weighted by atomic mass is 16.6. The zero-order chi connectivity index (χ0) is 26.8. The van der Waals surface area contributed by atoms with Gasteiger partial charge in [-0.2, -0.15) is 0 Å². The van der Waals surface area contributed by atoms with Crippen molar-refractivity contribution in [1.82, 2.24) is 15.5 Å². The van der Waals surface area contributed by atoms with E-state index in [1.165, 1.54) is 12.0 Å². The minimum atomic E-state index is -1.18. The number of methoxy groups -OCH3 is 1. The molecule has 11 nitrogen and oxygen atoms in total. The molecule has 0 saturated heterocycles. The van der Waals surface area contributed by atoms with Gasteiger partial charge in [-0.3, -0.25) is 19.2 Å². The van der Waals surface area contributed by atoms with Gasteiger partial charge in [-0.05, 0) is 46.6 Å². The number of hydrogen-bond donors (Lipinski definition) is 3. The number of carbonyl (C=O) groups is 5. The fraction of sp³-hybridized carbons (Fsp3) is 0.542. The quantitative estimate of drug-likeness (QED) is 0.393. The number of esters is 1. The highest BCUT2D eigenvalue weighted by Crippen LogP contribution is 2.23. The first-order valence-electron chi connectivity index (χ1n) is 11.3. The molecule has 11 heteroatoms. The largest absolute Gasteiger partial charge is 0.468 e.